The predicted octanol–water partition coefficient (Wildman–Crippen LogP) is 2.02. The Morgan fingerprint density at radius 2 is 1.93 bits per heavy atom. The van der Waals surface area contributed by atoms with Gasteiger partial charge in [-0.15, -0.1) is 0 Å². The summed E-state index contributed by atoms with van der Waals surface area (Å²) in [5.41, 5.74) is 0.0532. The summed E-state index contributed by atoms with van der Waals surface area (Å²) in [7, 11) is 0. The maximum Gasteiger partial charge on any atom is 0.0749 e. The lowest BCUT2D eigenvalue weighted by Gasteiger charge is -2.42. The molecule has 1 saturated heterocycles. The third-order valence-corrected chi connectivity index (χ3v) is 4.25. The molecule has 0 aromatic heterocycles. The molecule has 2 heteroatoms. The first kappa shape index (κ1) is 10.4. The van der Waals surface area contributed by atoms with Crippen LogP contribution < -0.4 is 0 Å². The maximum atomic E-state index is 10.3. The fourth-order valence-corrected chi connectivity index (χ4v) is 2.77. The largest absolute Gasteiger partial charge is 0.391 e. The molecule has 1 saturated carbocycles. The highest BCUT2D eigenvalue weighted by Crippen LogP contribution is 2.41. The zero-order chi connectivity index (χ0) is 10.2. The van der Waals surface area contributed by atoms with Gasteiger partial charge in [0.05, 0.1) is 6.10 Å². The Labute approximate surface area is 87.3 Å². The van der Waals surface area contributed by atoms with E-state index >= 15 is 0 Å². The van der Waals surface area contributed by atoms with E-state index in [1.54, 1.807) is 0 Å². The Morgan fingerprint density at radius 1 is 1.36 bits per heavy atom. The van der Waals surface area contributed by atoms with Crippen LogP contribution in [0.3, 0.4) is 0 Å². The lowest BCUT2D eigenvalue weighted by molar-refractivity contribution is -0.0245. The van der Waals surface area contributed by atoms with E-state index in [1.807, 2.05) is 0 Å². The molecule has 0 radical (unpaired) electrons. The molecule has 2 fully saturated rings. The van der Waals surface area contributed by atoms with Gasteiger partial charge in [-0.2, -0.15) is 0 Å². The van der Waals surface area contributed by atoms with Crippen molar-refractivity contribution >= 4 is 0 Å². The number of aliphatic hydroxyl groups is 1. The molecule has 82 valence electrons. The van der Waals surface area contributed by atoms with Crippen LogP contribution in [0.1, 0.15) is 46.0 Å². The molecule has 2 aliphatic rings. The van der Waals surface area contributed by atoms with Crippen LogP contribution in [0.2, 0.25) is 0 Å². The van der Waals surface area contributed by atoms with Crippen LogP contribution in [-0.4, -0.2) is 34.7 Å². The minimum Gasteiger partial charge on any atom is -0.391 e. The lowest BCUT2D eigenvalue weighted by Crippen LogP contribution is -2.53. The molecule has 0 aromatic carbocycles. The van der Waals surface area contributed by atoms with Crippen molar-refractivity contribution in [2.24, 2.45) is 5.92 Å². The van der Waals surface area contributed by atoms with E-state index in [2.05, 4.69) is 18.7 Å². The molecule has 1 aliphatic heterocycles. The first-order valence-electron chi connectivity index (χ1n) is 6.11. The minimum atomic E-state index is -0.0920. The second-order valence-electron chi connectivity index (χ2n) is 5.19. The molecule has 2 rings (SSSR count). The summed E-state index contributed by atoms with van der Waals surface area (Å²) in [5.74, 6) is 0.598. The number of rotatable bonds is 4. The van der Waals surface area contributed by atoms with Crippen LogP contribution >= 0.6 is 0 Å². The molecule has 2 atom stereocenters. The average molecular weight is 197 g/mol. The first-order chi connectivity index (χ1) is 6.68. The van der Waals surface area contributed by atoms with Gasteiger partial charge in [0.15, 0.2) is 0 Å². The zero-order valence-electron chi connectivity index (χ0n) is 9.50. The molecular formula is C12H23NO. The molecule has 0 spiro atoms. The molecular weight excluding hydrogens is 174 g/mol. The van der Waals surface area contributed by atoms with Crippen molar-refractivity contribution in [2.45, 2.75) is 57.6 Å². The fourth-order valence-electron chi connectivity index (χ4n) is 2.77. The fraction of sp³-hybridized carbons (Fsp3) is 1.00. The number of hydrogen-bond acceptors (Lipinski definition) is 2. The second kappa shape index (κ2) is 3.82. The lowest BCUT2D eigenvalue weighted by atomic mass is 9.87. The van der Waals surface area contributed by atoms with Gasteiger partial charge < -0.3 is 5.11 Å². The molecule has 1 heterocycles. The third kappa shape index (κ3) is 1.70. The van der Waals surface area contributed by atoms with Gasteiger partial charge >= 0.3 is 0 Å². The van der Waals surface area contributed by atoms with Crippen LogP contribution in [0, 0.1) is 5.92 Å². The number of aliphatic hydroxyl groups excluding tert-OH is 1. The zero-order valence-corrected chi connectivity index (χ0v) is 9.50. The summed E-state index contributed by atoms with van der Waals surface area (Å²) in [6.07, 6.45) is 6.09. The van der Waals surface area contributed by atoms with Crippen molar-refractivity contribution in [1.29, 1.82) is 0 Å². The normalized spacial score (nSPS) is 30.2. The van der Waals surface area contributed by atoms with E-state index in [1.165, 1.54) is 38.8 Å². The van der Waals surface area contributed by atoms with Crippen LogP contribution in [-0.2, 0) is 0 Å². The van der Waals surface area contributed by atoms with Crippen LogP contribution in [0.5, 0.6) is 0 Å². The quantitative estimate of drug-likeness (QED) is 0.745. The van der Waals surface area contributed by atoms with Crippen molar-refractivity contribution in [3.05, 3.63) is 0 Å². The van der Waals surface area contributed by atoms with Gasteiger partial charge in [-0.3, -0.25) is 4.90 Å². The Bertz CT molecular complexity index is 192. The summed E-state index contributed by atoms with van der Waals surface area (Å²) in [6.45, 7) is 6.84. The third-order valence-electron chi connectivity index (χ3n) is 4.25. The molecule has 1 aliphatic carbocycles. The number of nitrogens with zero attached hydrogens (tertiary/aromatic N) is 1. The topological polar surface area (TPSA) is 23.5 Å². The molecule has 2 unspecified atom stereocenters. The van der Waals surface area contributed by atoms with E-state index < -0.39 is 0 Å². The molecule has 2 nitrogen and oxygen atoms in total. The molecule has 1 N–H and O–H groups in total. The maximum absolute atomic E-state index is 10.3. The Kier molecular flexibility index (Phi) is 2.85. The Hall–Kier alpha value is -0.0800. The second-order valence-corrected chi connectivity index (χ2v) is 5.19. The van der Waals surface area contributed by atoms with E-state index in [0.29, 0.717) is 5.92 Å². The van der Waals surface area contributed by atoms with Gasteiger partial charge in [0.1, 0.15) is 0 Å². The van der Waals surface area contributed by atoms with Gasteiger partial charge in [-0.25, -0.2) is 0 Å². The van der Waals surface area contributed by atoms with Crippen molar-refractivity contribution in [3.63, 3.8) is 0 Å². The number of hydrogen-bond donors (Lipinski definition) is 1. The summed E-state index contributed by atoms with van der Waals surface area (Å²) < 4.78 is 0. The van der Waals surface area contributed by atoms with E-state index in [9.17, 15) is 5.11 Å². The van der Waals surface area contributed by atoms with Crippen molar-refractivity contribution in [2.75, 3.05) is 13.1 Å². The SMILES string of the molecule is CCC(C)(C(O)C1CC1)N1CCCC1. The van der Waals surface area contributed by atoms with Crippen molar-refractivity contribution in [3.8, 4) is 0 Å². The van der Waals surface area contributed by atoms with Gasteiger partial charge in [-0.05, 0) is 58.0 Å². The van der Waals surface area contributed by atoms with Crippen molar-refractivity contribution in [1.82, 2.24) is 4.90 Å². The van der Waals surface area contributed by atoms with Crippen LogP contribution in [0.15, 0.2) is 0 Å². The molecule has 0 amide bonds. The Balaban J connectivity index is 2.05. The van der Waals surface area contributed by atoms with Gasteiger partial charge in [-0.1, -0.05) is 6.92 Å². The monoisotopic (exact) mass is 197 g/mol. The Morgan fingerprint density at radius 3 is 2.36 bits per heavy atom. The van der Waals surface area contributed by atoms with E-state index in [4.69, 9.17) is 0 Å². The summed E-state index contributed by atoms with van der Waals surface area (Å²) >= 11 is 0. The van der Waals surface area contributed by atoms with E-state index in [-0.39, 0.29) is 11.6 Å². The van der Waals surface area contributed by atoms with Gasteiger partial charge in [0, 0.05) is 5.54 Å². The minimum absolute atomic E-state index is 0.0532. The smallest absolute Gasteiger partial charge is 0.0749 e. The molecule has 0 bridgehead atoms. The van der Waals surface area contributed by atoms with Crippen molar-refractivity contribution < 1.29 is 5.11 Å². The highest BCUT2D eigenvalue weighted by Gasteiger charge is 2.45. The first-order valence-corrected chi connectivity index (χ1v) is 6.11. The molecule has 14 heavy (non-hydrogen) atoms. The number of likely N-dealkylation sites (tertiary alicyclic amines) is 1. The predicted molar refractivity (Wildman–Crippen MR) is 58.2 cm³/mol. The summed E-state index contributed by atoms with van der Waals surface area (Å²) in [6, 6.07) is 0. The summed E-state index contributed by atoms with van der Waals surface area (Å²) in [5, 5.41) is 10.3. The van der Waals surface area contributed by atoms with E-state index in [0.717, 1.165) is 6.42 Å². The molecule has 0 aromatic rings. The van der Waals surface area contributed by atoms with Gasteiger partial charge in [0.25, 0.3) is 0 Å². The highest BCUT2D eigenvalue weighted by atomic mass is 16.3. The standard InChI is InChI=1S/C12H23NO/c1-3-12(2,11(14)10-6-7-10)13-8-4-5-9-13/h10-11,14H,3-9H2,1-2H3. The highest BCUT2D eigenvalue weighted by molar-refractivity contribution is 5.00. The van der Waals surface area contributed by atoms with Crippen LogP contribution in [0.25, 0.3) is 0 Å². The van der Waals surface area contributed by atoms with Gasteiger partial charge in [0.2, 0.25) is 0 Å². The average Bonchev–Trinajstić information content (AvgIpc) is 2.91. The summed E-state index contributed by atoms with van der Waals surface area (Å²) in [4.78, 5) is 2.51. The van der Waals surface area contributed by atoms with Crippen LogP contribution in [0.4, 0.5) is 0 Å².